The highest BCUT2D eigenvalue weighted by Gasteiger charge is 2.41. The maximum absolute atomic E-state index is 11.8. The van der Waals surface area contributed by atoms with Crippen LogP contribution in [-0.2, 0) is 11.2 Å². The van der Waals surface area contributed by atoms with E-state index in [2.05, 4.69) is 17.6 Å². The van der Waals surface area contributed by atoms with Gasteiger partial charge in [0.1, 0.15) is 0 Å². The monoisotopic (exact) mass is 290 g/mol. The lowest BCUT2D eigenvalue weighted by Crippen LogP contribution is -2.33. The smallest absolute Gasteiger partial charge is 0.319 e. The molecule has 5 heteroatoms. The van der Waals surface area contributed by atoms with Crippen LogP contribution in [0.3, 0.4) is 0 Å². The highest BCUT2D eigenvalue weighted by Crippen LogP contribution is 2.48. The Labute approximate surface area is 124 Å². The average molecular weight is 290 g/mol. The van der Waals surface area contributed by atoms with E-state index in [9.17, 15) is 9.59 Å². The summed E-state index contributed by atoms with van der Waals surface area (Å²) in [7, 11) is 0. The van der Waals surface area contributed by atoms with Crippen LogP contribution in [-0.4, -0.2) is 23.7 Å². The Morgan fingerprint density at radius 1 is 1.24 bits per heavy atom. The molecule has 3 N–H and O–H groups in total. The summed E-state index contributed by atoms with van der Waals surface area (Å²) in [5, 5.41) is 14.4. The molecule has 0 spiro atoms. The fourth-order valence-electron chi connectivity index (χ4n) is 2.55. The highest BCUT2D eigenvalue weighted by molar-refractivity contribution is 5.89. The van der Waals surface area contributed by atoms with E-state index in [1.54, 1.807) is 24.3 Å². The Balaban J connectivity index is 1.78. The molecule has 0 atom stereocenters. The van der Waals surface area contributed by atoms with Crippen molar-refractivity contribution in [3.8, 4) is 0 Å². The summed E-state index contributed by atoms with van der Waals surface area (Å²) in [5.74, 6) is -0.862. The number of amides is 2. The number of anilines is 1. The van der Waals surface area contributed by atoms with Crippen LogP contribution < -0.4 is 10.6 Å². The van der Waals surface area contributed by atoms with Gasteiger partial charge in [0.15, 0.2) is 0 Å². The van der Waals surface area contributed by atoms with Gasteiger partial charge in [-0.3, -0.25) is 4.79 Å². The Kier molecular flexibility index (Phi) is 4.83. The molecular formula is C16H22N2O3. The lowest BCUT2D eigenvalue weighted by molar-refractivity contribution is -0.136. The van der Waals surface area contributed by atoms with Crippen molar-refractivity contribution in [2.75, 3.05) is 11.9 Å². The molecule has 1 aliphatic rings. The second-order valence-electron chi connectivity index (χ2n) is 5.83. The number of aliphatic carboxylic acids is 1. The minimum atomic E-state index is -0.862. The lowest BCUT2D eigenvalue weighted by atomic mass is 10.0. The van der Waals surface area contributed by atoms with Gasteiger partial charge < -0.3 is 15.7 Å². The van der Waals surface area contributed by atoms with Crippen LogP contribution in [0.15, 0.2) is 24.3 Å². The zero-order chi connectivity index (χ0) is 15.3. The molecule has 2 rings (SSSR count). The molecule has 1 aromatic carbocycles. The van der Waals surface area contributed by atoms with Gasteiger partial charge >= 0.3 is 12.0 Å². The van der Waals surface area contributed by atoms with Gasteiger partial charge in [-0.1, -0.05) is 25.5 Å². The highest BCUT2D eigenvalue weighted by atomic mass is 16.4. The third-order valence-corrected chi connectivity index (χ3v) is 3.93. The van der Waals surface area contributed by atoms with Gasteiger partial charge in [-0.15, -0.1) is 0 Å². The van der Waals surface area contributed by atoms with Crippen molar-refractivity contribution in [1.29, 1.82) is 0 Å². The number of urea groups is 1. The van der Waals surface area contributed by atoms with Crippen molar-refractivity contribution < 1.29 is 14.7 Å². The van der Waals surface area contributed by atoms with E-state index in [-0.39, 0.29) is 12.5 Å². The summed E-state index contributed by atoms with van der Waals surface area (Å²) in [5.41, 5.74) is 1.72. The van der Waals surface area contributed by atoms with E-state index in [1.165, 1.54) is 12.8 Å². The van der Waals surface area contributed by atoms with Crippen LogP contribution in [0.2, 0.25) is 0 Å². The normalized spacial score (nSPS) is 15.3. The number of rotatable bonds is 7. The number of carbonyl (C=O) groups excluding carboxylic acids is 1. The number of hydrogen-bond acceptors (Lipinski definition) is 2. The zero-order valence-corrected chi connectivity index (χ0v) is 12.3. The summed E-state index contributed by atoms with van der Waals surface area (Å²) in [4.78, 5) is 22.4. The van der Waals surface area contributed by atoms with E-state index < -0.39 is 5.97 Å². The summed E-state index contributed by atoms with van der Waals surface area (Å²) in [6.07, 6.45) is 4.70. The Morgan fingerprint density at radius 2 is 1.90 bits per heavy atom. The number of hydrogen-bond donors (Lipinski definition) is 3. The molecular weight excluding hydrogens is 268 g/mol. The first-order valence-corrected chi connectivity index (χ1v) is 7.39. The van der Waals surface area contributed by atoms with Gasteiger partial charge in [-0.2, -0.15) is 0 Å². The van der Waals surface area contributed by atoms with Crippen LogP contribution in [0, 0.1) is 5.41 Å². The predicted molar refractivity (Wildman–Crippen MR) is 81.4 cm³/mol. The van der Waals surface area contributed by atoms with E-state index in [4.69, 9.17) is 5.11 Å². The molecule has 1 aliphatic carbocycles. The lowest BCUT2D eigenvalue weighted by Gasteiger charge is -2.15. The van der Waals surface area contributed by atoms with Gasteiger partial charge in [0.25, 0.3) is 0 Å². The zero-order valence-electron chi connectivity index (χ0n) is 12.3. The van der Waals surface area contributed by atoms with Crippen molar-refractivity contribution in [2.24, 2.45) is 5.41 Å². The second kappa shape index (κ2) is 6.61. The van der Waals surface area contributed by atoms with Crippen molar-refractivity contribution in [3.05, 3.63) is 29.8 Å². The molecule has 0 unspecified atom stereocenters. The summed E-state index contributed by atoms with van der Waals surface area (Å²) < 4.78 is 0. The van der Waals surface area contributed by atoms with Gasteiger partial charge in [0, 0.05) is 12.2 Å². The number of carboxylic acid groups (broad SMARTS) is 1. The predicted octanol–water partition coefficient (Wildman–Crippen LogP) is 3.02. The van der Waals surface area contributed by atoms with Gasteiger partial charge in [-0.05, 0) is 42.4 Å². The van der Waals surface area contributed by atoms with Crippen LogP contribution in [0.5, 0.6) is 0 Å². The fourth-order valence-corrected chi connectivity index (χ4v) is 2.55. The molecule has 0 aromatic heterocycles. The van der Waals surface area contributed by atoms with Crippen LogP contribution in [0.4, 0.5) is 10.5 Å². The molecule has 1 saturated carbocycles. The van der Waals surface area contributed by atoms with Crippen molar-refractivity contribution >= 4 is 17.7 Å². The van der Waals surface area contributed by atoms with Gasteiger partial charge in [0.2, 0.25) is 0 Å². The first kappa shape index (κ1) is 15.4. The summed E-state index contributed by atoms with van der Waals surface area (Å²) in [6, 6.07) is 6.66. The fraction of sp³-hybridized carbons (Fsp3) is 0.500. The largest absolute Gasteiger partial charge is 0.481 e. The van der Waals surface area contributed by atoms with Crippen molar-refractivity contribution in [2.45, 2.75) is 39.0 Å². The third-order valence-electron chi connectivity index (χ3n) is 3.93. The SMILES string of the molecule is CCCC1(CNC(=O)Nc2ccc(CC(=O)O)cc2)CC1. The summed E-state index contributed by atoms with van der Waals surface area (Å²) >= 11 is 0. The third kappa shape index (κ3) is 4.77. The van der Waals surface area contributed by atoms with Gasteiger partial charge in [-0.25, -0.2) is 4.79 Å². The Morgan fingerprint density at radius 3 is 2.43 bits per heavy atom. The molecule has 114 valence electrons. The number of nitrogens with one attached hydrogen (secondary N) is 2. The minimum absolute atomic E-state index is 0.00792. The maximum Gasteiger partial charge on any atom is 0.319 e. The Bertz CT molecular complexity index is 507. The topological polar surface area (TPSA) is 78.4 Å². The quantitative estimate of drug-likeness (QED) is 0.722. The van der Waals surface area contributed by atoms with Crippen LogP contribution >= 0.6 is 0 Å². The van der Waals surface area contributed by atoms with E-state index in [0.29, 0.717) is 16.7 Å². The molecule has 0 aliphatic heterocycles. The van der Waals surface area contributed by atoms with Crippen LogP contribution in [0.25, 0.3) is 0 Å². The molecule has 0 saturated heterocycles. The molecule has 5 nitrogen and oxygen atoms in total. The molecule has 1 aromatic rings. The average Bonchev–Trinajstić information content (AvgIpc) is 3.19. The first-order valence-electron chi connectivity index (χ1n) is 7.39. The maximum atomic E-state index is 11.8. The summed E-state index contributed by atoms with van der Waals surface area (Å²) in [6.45, 7) is 2.89. The molecule has 1 fully saturated rings. The molecule has 0 heterocycles. The Hall–Kier alpha value is -2.04. The standard InChI is InChI=1S/C16H22N2O3/c1-2-7-16(8-9-16)11-17-15(21)18-13-5-3-12(4-6-13)10-14(19)20/h3-6H,2,7-11H2,1H3,(H,19,20)(H2,17,18,21). The van der Waals surface area contributed by atoms with Crippen molar-refractivity contribution in [1.82, 2.24) is 5.32 Å². The van der Waals surface area contributed by atoms with Crippen LogP contribution in [0.1, 0.15) is 38.2 Å². The van der Waals surface area contributed by atoms with E-state index in [1.807, 2.05) is 0 Å². The van der Waals surface area contributed by atoms with Crippen molar-refractivity contribution in [3.63, 3.8) is 0 Å². The number of benzene rings is 1. The van der Waals surface area contributed by atoms with E-state index >= 15 is 0 Å². The number of carboxylic acids is 1. The first-order chi connectivity index (χ1) is 10.0. The molecule has 2 amide bonds. The van der Waals surface area contributed by atoms with E-state index in [0.717, 1.165) is 19.4 Å². The molecule has 21 heavy (non-hydrogen) atoms. The minimum Gasteiger partial charge on any atom is -0.481 e. The molecule has 0 bridgehead atoms. The second-order valence-corrected chi connectivity index (χ2v) is 5.83. The number of carbonyl (C=O) groups is 2. The van der Waals surface area contributed by atoms with Gasteiger partial charge in [0.05, 0.1) is 6.42 Å². The molecule has 0 radical (unpaired) electrons.